The van der Waals surface area contributed by atoms with Crippen LogP contribution in [0.1, 0.15) is 30.0 Å². The van der Waals surface area contributed by atoms with E-state index in [2.05, 4.69) is 15.4 Å². The minimum atomic E-state index is -3.59. The van der Waals surface area contributed by atoms with Crippen molar-refractivity contribution in [2.45, 2.75) is 44.5 Å². The van der Waals surface area contributed by atoms with Gasteiger partial charge in [-0.05, 0) is 54.6 Å². The minimum absolute atomic E-state index is 0. The lowest BCUT2D eigenvalue weighted by Crippen LogP contribution is -2.59. The molecule has 0 aromatic heterocycles. The van der Waals surface area contributed by atoms with Gasteiger partial charge in [0.05, 0.1) is 34.5 Å². The standard InChI is InChI=1S/C30H35Cl2N3O4S.ClH/c1-21(39-19-24-12-13-26(31)27(32)16-24)29(36)28-25(18-35-40(37,38)20-23-10-6-3-7-11-23)14-15-33-30(28)34-17-22-8-4-2-5-9-22;/h2-13,16,21,25,28,30,33-35H,14-15,17-20H2,1H3;1H. The van der Waals surface area contributed by atoms with Crippen LogP contribution in [0.2, 0.25) is 10.0 Å². The second-order valence-corrected chi connectivity index (χ2v) is 12.7. The molecule has 1 aliphatic rings. The maximum absolute atomic E-state index is 13.9. The molecule has 11 heteroatoms. The lowest BCUT2D eigenvalue weighted by molar-refractivity contribution is -0.138. The first-order chi connectivity index (χ1) is 19.2. The van der Waals surface area contributed by atoms with Gasteiger partial charge in [-0.1, -0.05) is 89.9 Å². The molecule has 3 N–H and O–H groups in total. The number of piperidine rings is 1. The summed E-state index contributed by atoms with van der Waals surface area (Å²) in [4.78, 5) is 13.9. The number of rotatable bonds is 13. The predicted octanol–water partition coefficient (Wildman–Crippen LogP) is 5.35. The van der Waals surface area contributed by atoms with Gasteiger partial charge in [0, 0.05) is 13.1 Å². The molecule has 4 unspecified atom stereocenters. The molecule has 3 aromatic carbocycles. The van der Waals surface area contributed by atoms with Gasteiger partial charge in [0.15, 0.2) is 5.78 Å². The number of Topliss-reactive ketones (excluding diaryl/α,β-unsaturated/α-hetero) is 1. The largest absolute Gasteiger partial charge is 0.366 e. The van der Waals surface area contributed by atoms with E-state index in [1.807, 2.05) is 54.6 Å². The Labute approximate surface area is 258 Å². The Balaban J connectivity index is 0.00000462. The molecular formula is C30H36Cl3N3O4S. The fourth-order valence-corrected chi connectivity index (χ4v) is 6.46. The number of ketones is 1. The second kappa shape index (κ2) is 16.0. The Bertz CT molecular complexity index is 1360. The van der Waals surface area contributed by atoms with Gasteiger partial charge in [-0.2, -0.15) is 0 Å². The molecule has 41 heavy (non-hydrogen) atoms. The zero-order chi connectivity index (χ0) is 28.5. The molecule has 4 rings (SSSR count). The van der Waals surface area contributed by atoms with E-state index in [-0.39, 0.29) is 49.2 Å². The first kappa shape index (κ1) is 33.5. The van der Waals surface area contributed by atoms with E-state index in [0.29, 0.717) is 35.1 Å². The van der Waals surface area contributed by atoms with E-state index in [1.54, 1.807) is 31.2 Å². The monoisotopic (exact) mass is 639 g/mol. The van der Waals surface area contributed by atoms with E-state index in [0.717, 1.165) is 11.1 Å². The van der Waals surface area contributed by atoms with Crippen molar-refractivity contribution < 1.29 is 17.9 Å². The summed E-state index contributed by atoms with van der Waals surface area (Å²) in [5.41, 5.74) is 2.60. The minimum Gasteiger partial charge on any atom is -0.366 e. The summed E-state index contributed by atoms with van der Waals surface area (Å²) >= 11 is 12.2. The zero-order valence-electron chi connectivity index (χ0n) is 22.8. The van der Waals surface area contributed by atoms with Gasteiger partial charge in [-0.3, -0.25) is 10.1 Å². The van der Waals surface area contributed by atoms with Crippen LogP contribution in [-0.4, -0.2) is 39.6 Å². The van der Waals surface area contributed by atoms with Crippen molar-refractivity contribution >= 4 is 51.4 Å². The van der Waals surface area contributed by atoms with Crippen molar-refractivity contribution in [3.63, 3.8) is 0 Å². The van der Waals surface area contributed by atoms with Crippen LogP contribution in [0.4, 0.5) is 0 Å². The molecule has 0 saturated carbocycles. The molecule has 222 valence electrons. The molecule has 0 spiro atoms. The van der Waals surface area contributed by atoms with Gasteiger partial charge < -0.3 is 10.1 Å². The van der Waals surface area contributed by atoms with Crippen LogP contribution in [0.3, 0.4) is 0 Å². The van der Waals surface area contributed by atoms with Crippen molar-refractivity contribution in [1.82, 2.24) is 15.4 Å². The summed E-state index contributed by atoms with van der Waals surface area (Å²) < 4.78 is 34.5. The third-order valence-electron chi connectivity index (χ3n) is 7.09. The summed E-state index contributed by atoms with van der Waals surface area (Å²) in [7, 11) is -3.59. The molecule has 1 saturated heterocycles. The normalized spacial score (nSPS) is 19.7. The molecule has 1 fully saturated rings. The van der Waals surface area contributed by atoms with Gasteiger partial charge in [-0.25, -0.2) is 13.1 Å². The number of halogens is 3. The van der Waals surface area contributed by atoms with Crippen molar-refractivity contribution in [1.29, 1.82) is 0 Å². The van der Waals surface area contributed by atoms with Crippen molar-refractivity contribution in [3.05, 3.63) is 106 Å². The van der Waals surface area contributed by atoms with Gasteiger partial charge >= 0.3 is 0 Å². The first-order valence-corrected chi connectivity index (χ1v) is 15.7. The number of ether oxygens (including phenoxy) is 1. The summed E-state index contributed by atoms with van der Waals surface area (Å²) in [6, 6.07) is 24.2. The average molecular weight is 641 g/mol. The highest BCUT2D eigenvalue weighted by Gasteiger charge is 2.40. The zero-order valence-corrected chi connectivity index (χ0v) is 25.9. The van der Waals surface area contributed by atoms with Crippen molar-refractivity contribution in [2.24, 2.45) is 11.8 Å². The van der Waals surface area contributed by atoms with Crippen molar-refractivity contribution in [3.8, 4) is 0 Å². The fourth-order valence-electron chi connectivity index (χ4n) is 4.93. The third-order valence-corrected chi connectivity index (χ3v) is 9.15. The molecule has 4 atom stereocenters. The lowest BCUT2D eigenvalue weighted by atomic mass is 9.79. The quantitative estimate of drug-likeness (QED) is 0.233. The highest BCUT2D eigenvalue weighted by Crippen LogP contribution is 2.27. The van der Waals surface area contributed by atoms with Crippen LogP contribution in [-0.2, 0) is 38.5 Å². The molecule has 1 heterocycles. The number of hydrogen-bond donors (Lipinski definition) is 3. The summed E-state index contributed by atoms with van der Waals surface area (Å²) in [6.07, 6.45) is -0.419. The molecule has 1 aliphatic heterocycles. The van der Waals surface area contributed by atoms with Crippen LogP contribution < -0.4 is 15.4 Å². The number of hydrogen-bond acceptors (Lipinski definition) is 6. The van der Waals surface area contributed by atoms with E-state index < -0.39 is 22.0 Å². The molecule has 0 radical (unpaired) electrons. The fraction of sp³-hybridized carbons (Fsp3) is 0.367. The molecular weight excluding hydrogens is 605 g/mol. The van der Waals surface area contributed by atoms with Gasteiger partial charge in [0.25, 0.3) is 0 Å². The number of nitrogens with one attached hydrogen (secondary N) is 3. The van der Waals surface area contributed by atoms with E-state index in [4.69, 9.17) is 27.9 Å². The topological polar surface area (TPSA) is 96.5 Å². The summed E-state index contributed by atoms with van der Waals surface area (Å²) in [6.45, 7) is 3.31. The maximum atomic E-state index is 13.9. The van der Waals surface area contributed by atoms with Crippen LogP contribution in [0.15, 0.2) is 78.9 Å². The van der Waals surface area contributed by atoms with Gasteiger partial charge in [0.1, 0.15) is 6.10 Å². The van der Waals surface area contributed by atoms with E-state index in [1.165, 1.54) is 0 Å². The van der Waals surface area contributed by atoms with Gasteiger partial charge in [-0.15, -0.1) is 12.4 Å². The number of sulfonamides is 1. The first-order valence-electron chi connectivity index (χ1n) is 13.3. The van der Waals surface area contributed by atoms with Crippen LogP contribution >= 0.6 is 35.6 Å². The second-order valence-electron chi connectivity index (χ2n) is 10.1. The van der Waals surface area contributed by atoms with Gasteiger partial charge in [0.2, 0.25) is 10.0 Å². The molecule has 0 bridgehead atoms. The molecule has 0 amide bonds. The Morgan fingerprint density at radius 3 is 2.29 bits per heavy atom. The number of carbonyl (C=O) groups excluding carboxylic acids is 1. The van der Waals surface area contributed by atoms with E-state index in [9.17, 15) is 13.2 Å². The molecule has 3 aromatic rings. The Morgan fingerprint density at radius 2 is 1.63 bits per heavy atom. The Hall–Kier alpha value is -2.01. The lowest BCUT2D eigenvalue weighted by Gasteiger charge is -2.39. The average Bonchev–Trinajstić information content (AvgIpc) is 2.96. The Kier molecular flexibility index (Phi) is 13.1. The SMILES string of the molecule is CC(OCc1ccc(Cl)c(Cl)c1)C(=O)C1C(CNS(=O)(=O)Cc2ccccc2)CCNC1NCc1ccccc1.Cl. The van der Waals surface area contributed by atoms with Crippen LogP contribution in [0.5, 0.6) is 0 Å². The smallest absolute Gasteiger partial charge is 0.215 e. The van der Waals surface area contributed by atoms with E-state index >= 15 is 0 Å². The molecule has 0 aliphatic carbocycles. The van der Waals surface area contributed by atoms with Crippen LogP contribution in [0, 0.1) is 11.8 Å². The van der Waals surface area contributed by atoms with Crippen LogP contribution in [0.25, 0.3) is 0 Å². The number of carbonyl (C=O) groups is 1. The molecule has 7 nitrogen and oxygen atoms in total. The third kappa shape index (κ3) is 10.0. The maximum Gasteiger partial charge on any atom is 0.215 e. The predicted molar refractivity (Wildman–Crippen MR) is 167 cm³/mol. The summed E-state index contributed by atoms with van der Waals surface area (Å²) in [5.74, 6) is -0.939. The van der Waals surface area contributed by atoms with Crippen molar-refractivity contribution in [2.75, 3.05) is 13.1 Å². The highest BCUT2D eigenvalue weighted by atomic mass is 35.5. The highest BCUT2D eigenvalue weighted by molar-refractivity contribution is 7.88. The number of benzene rings is 3. The Morgan fingerprint density at radius 1 is 0.976 bits per heavy atom. The summed E-state index contributed by atoms with van der Waals surface area (Å²) in [5, 5.41) is 7.79.